The van der Waals surface area contributed by atoms with E-state index in [2.05, 4.69) is 19.2 Å². The van der Waals surface area contributed by atoms with Gasteiger partial charge in [0.25, 0.3) is 0 Å². The van der Waals surface area contributed by atoms with Gasteiger partial charge in [-0.25, -0.2) is 0 Å². The van der Waals surface area contributed by atoms with Crippen molar-refractivity contribution in [2.24, 2.45) is 23.5 Å². The Kier molecular flexibility index (Phi) is 2.85. The van der Waals surface area contributed by atoms with E-state index in [0.29, 0.717) is 0 Å². The summed E-state index contributed by atoms with van der Waals surface area (Å²) in [6.07, 6.45) is 5.92. The van der Waals surface area contributed by atoms with Crippen LogP contribution in [0.3, 0.4) is 0 Å². The zero-order valence-electron chi connectivity index (χ0n) is 9.55. The Morgan fingerprint density at radius 3 is 2.07 bits per heavy atom. The number of rotatable bonds is 6. The molecule has 2 aliphatic rings. The van der Waals surface area contributed by atoms with Crippen LogP contribution >= 0.6 is 0 Å². The largest absolute Gasteiger partial charge is 0.324 e. The SMILES string of the molecule is CC(C)(N)CNCC(C1CC1)C1CC1. The molecule has 0 aromatic carbocycles. The highest BCUT2D eigenvalue weighted by Crippen LogP contribution is 2.48. The van der Waals surface area contributed by atoms with Crippen molar-refractivity contribution >= 4 is 0 Å². The van der Waals surface area contributed by atoms with Crippen LogP contribution in [0, 0.1) is 17.8 Å². The van der Waals surface area contributed by atoms with Gasteiger partial charge in [0.2, 0.25) is 0 Å². The van der Waals surface area contributed by atoms with E-state index in [1.807, 2.05) is 0 Å². The Hall–Kier alpha value is -0.0800. The molecule has 2 nitrogen and oxygen atoms in total. The van der Waals surface area contributed by atoms with Crippen LogP contribution in [0.4, 0.5) is 0 Å². The van der Waals surface area contributed by atoms with Crippen molar-refractivity contribution in [2.45, 2.75) is 45.1 Å². The lowest BCUT2D eigenvalue weighted by atomic mass is 9.97. The van der Waals surface area contributed by atoms with Gasteiger partial charge in [0, 0.05) is 12.1 Å². The van der Waals surface area contributed by atoms with Crippen molar-refractivity contribution in [2.75, 3.05) is 13.1 Å². The van der Waals surface area contributed by atoms with Crippen LogP contribution in [0.25, 0.3) is 0 Å². The maximum atomic E-state index is 5.94. The van der Waals surface area contributed by atoms with Crippen LogP contribution < -0.4 is 11.1 Å². The first-order valence-corrected chi connectivity index (χ1v) is 6.06. The van der Waals surface area contributed by atoms with E-state index in [1.165, 1.54) is 32.2 Å². The molecule has 0 saturated heterocycles. The first-order valence-electron chi connectivity index (χ1n) is 6.06. The summed E-state index contributed by atoms with van der Waals surface area (Å²) in [6, 6.07) is 0. The molecule has 2 rings (SSSR count). The van der Waals surface area contributed by atoms with Crippen molar-refractivity contribution in [3.63, 3.8) is 0 Å². The monoisotopic (exact) mass is 196 g/mol. The summed E-state index contributed by atoms with van der Waals surface area (Å²) in [5, 5.41) is 3.54. The van der Waals surface area contributed by atoms with Crippen molar-refractivity contribution in [1.82, 2.24) is 5.32 Å². The van der Waals surface area contributed by atoms with Gasteiger partial charge in [-0.05, 0) is 63.8 Å². The first-order chi connectivity index (χ1) is 6.56. The summed E-state index contributed by atoms with van der Waals surface area (Å²) in [5.41, 5.74) is 5.88. The second-order valence-corrected chi connectivity index (χ2v) is 5.96. The van der Waals surface area contributed by atoms with Crippen LogP contribution in [-0.2, 0) is 0 Å². The lowest BCUT2D eigenvalue weighted by Crippen LogP contribution is -2.44. The minimum absolute atomic E-state index is 0.0579. The average Bonchev–Trinajstić information content (AvgIpc) is 2.89. The highest BCUT2D eigenvalue weighted by Gasteiger charge is 2.40. The highest BCUT2D eigenvalue weighted by atomic mass is 14.9. The molecule has 0 unspecified atom stereocenters. The fourth-order valence-electron chi connectivity index (χ4n) is 2.33. The van der Waals surface area contributed by atoms with Gasteiger partial charge >= 0.3 is 0 Å². The molecule has 2 saturated carbocycles. The Morgan fingerprint density at radius 2 is 1.71 bits per heavy atom. The fraction of sp³-hybridized carbons (Fsp3) is 1.00. The van der Waals surface area contributed by atoms with Crippen molar-refractivity contribution in [1.29, 1.82) is 0 Å². The molecule has 0 spiro atoms. The lowest BCUT2D eigenvalue weighted by molar-refractivity contribution is 0.357. The van der Waals surface area contributed by atoms with Gasteiger partial charge in [0.1, 0.15) is 0 Å². The van der Waals surface area contributed by atoms with Crippen LogP contribution in [0.2, 0.25) is 0 Å². The molecule has 2 aliphatic carbocycles. The molecule has 14 heavy (non-hydrogen) atoms. The van der Waals surface area contributed by atoms with Crippen LogP contribution in [0.5, 0.6) is 0 Å². The van der Waals surface area contributed by atoms with E-state index in [9.17, 15) is 0 Å². The Balaban J connectivity index is 1.67. The van der Waals surface area contributed by atoms with E-state index in [-0.39, 0.29) is 5.54 Å². The molecular formula is C12H24N2. The van der Waals surface area contributed by atoms with E-state index in [1.54, 1.807) is 0 Å². The predicted molar refractivity (Wildman–Crippen MR) is 60.1 cm³/mol. The molecule has 2 fully saturated rings. The van der Waals surface area contributed by atoms with Gasteiger partial charge in [0.15, 0.2) is 0 Å². The fourth-order valence-corrected chi connectivity index (χ4v) is 2.33. The molecule has 0 atom stereocenters. The van der Waals surface area contributed by atoms with Gasteiger partial charge in [-0.2, -0.15) is 0 Å². The molecule has 0 radical (unpaired) electrons. The summed E-state index contributed by atoms with van der Waals surface area (Å²) in [7, 11) is 0. The number of hydrogen-bond acceptors (Lipinski definition) is 2. The molecule has 82 valence electrons. The van der Waals surface area contributed by atoms with Crippen molar-refractivity contribution < 1.29 is 0 Å². The topological polar surface area (TPSA) is 38.0 Å². The van der Waals surface area contributed by atoms with Crippen molar-refractivity contribution in [3.05, 3.63) is 0 Å². The first kappa shape index (κ1) is 10.4. The lowest BCUT2D eigenvalue weighted by Gasteiger charge is -2.22. The zero-order valence-corrected chi connectivity index (χ0v) is 9.55. The third-order valence-electron chi connectivity index (χ3n) is 3.42. The number of nitrogens with two attached hydrogens (primary N) is 1. The maximum Gasteiger partial charge on any atom is 0.0223 e. The maximum absolute atomic E-state index is 5.94. The van der Waals surface area contributed by atoms with Crippen LogP contribution in [-0.4, -0.2) is 18.6 Å². The smallest absolute Gasteiger partial charge is 0.0223 e. The summed E-state index contributed by atoms with van der Waals surface area (Å²) in [4.78, 5) is 0. The molecule has 0 aromatic rings. The third kappa shape index (κ3) is 3.25. The molecule has 0 bridgehead atoms. The van der Waals surface area contributed by atoms with Crippen molar-refractivity contribution in [3.8, 4) is 0 Å². The van der Waals surface area contributed by atoms with E-state index >= 15 is 0 Å². The Bertz CT molecular complexity index is 175. The molecule has 0 amide bonds. The highest BCUT2D eigenvalue weighted by molar-refractivity contribution is 4.92. The quantitative estimate of drug-likeness (QED) is 0.679. The average molecular weight is 196 g/mol. The Labute approximate surface area is 87.6 Å². The molecule has 3 N–H and O–H groups in total. The summed E-state index contributed by atoms with van der Waals surface area (Å²) < 4.78 is 0. The van der Waals surface area contributed by atoms with E-state index < -0.39 is 0 Å². The van der Waals surface area contributed by atoms with Crippen LogP contribution in [0.1, 0.15) is 39.5 Å². The third-order valence-corrected chi connectivity index (χ3v) is 3.42. The predicted octanol–water partition coefficient (Wildman–Crippen LogP) is 1.75. The second-order valence-electron chi connectivity index (χ2n) is 5.96. The molecule has 0 aliphatic heterocycles. The minimum Gasteiger partial charge on any atom is -0.324 e. The minimum atomic E-state index is -0.0579. The summed E-state index contributed by atoms with van der Waals surface area (Å²) >= 11 is 0. The summed E-state index contributed by atoms with van der Waals surface area (Å²) in [6.45, 7) is 6.32. The Morgan fingerprint density at radius 1 is 1.21 bits per heavy atom. The zero-order chi connectivity index (χ0) is 10.2. The molecule has 0 heterocycles. The van der Waals surface area contributed by atoms with Gasteiger partial charge in [-0.3, -0.25) is 0 Å². The number of hydrogen-bond donors (Lipinski definition) is 2. The second kappa shape index (κ2) is 3.82. The van der Waals surface area contributed by atoms with Gasteiger partial charge < -0.3 is 11.1 Å². The van der Waals surface area contributed by atoms with E-state index in [4.69, 9.17) is 5.73 Å². The molecular weight excluding hydrogens is 172 g/mol. The standard InChI is InChI=1S/C12H24N2/c1-12(2,13)8-14-7-11(9-3-4-9)10-5-6-10/h9-11,14H,3-8,13H2,1-2H3. The summed E-state index contributed by atoms with van der Waals surface area (Å²) in [5.74, 6) is 3.07. The van der Waals surface area contributed by atoms with Gasteiger partial charge in [-0.1, -0.05) is 0 Å². The van der Waals surface area contributed by atoms with Gasteiger partial charge in [0.05, 0.1) is 0 Å². The number of nitrogens with one attached hydrogen (secondary N) is 1. The normalized spacial score (nSPS) is 23.1. The van der Waals surface area contributed by atoms with E-state index in [0.717, 1.165) is 24.3 Å². The molecule has 2 heteroatoms. The molecule has 0 aromatic heterocycles. The van der Waals surface area contributed by atoms with Crippen LogP contribution in [0.15, 0.2) is 0 Å². The van der Waals surface area contributed by atoms with Gasteiger partial charge in [-0.15, -0.1) is 0 Å².